The van der Waals surface area contributed by atoms with Crippen LogP contribution in [0.2, 0.25) is 0 Å². The van der Waals surface area contributed by atoms with Crippen LogP contribution in [0, 0.1) is 0 Å². The van der Waals surface area contributed by atoms with Crippen LogP contribution in [0.25, 0.3) is 0 Å². The van der Waals surface area contributed by atoms with Gasteiger partial charge in [0.15, 0.2) is 0 Å². The SMILES string of the molecule is CCCCCCCCc1ccc([B-](F)(F)F)cc1. The van der Waals surface area contributed by atoms with Crippen molar-refractivity contribution in [3.05, 3.63) is 29.8 Å². The van der Waals surface area contributed by atoms with Gasteiger partial charge in [-0.1, -0.05) is 63.3 Å². The van der Waals surface area contributed by atoms with Crippen LogP contribution in [0.1, 0.15) is 51.0 Å². The minimum atomic E-state index is -4.85. The fourth-order valence-electron chi connectivity index (χ4n) is 2.01. The molecule has 1 aromatic carbocycles. The molecule has 102 valence electrons. The Morgan fingerprint density at radius 3 is 1.94 bits per heavy atom. The summed E-state index contributed by atoms with van der Waals surface area (Å²) in [4.78, 5) is 0. The number of benzene rings is 1. The zero-order valence-electron chi connectivity index (χ0n) is 11.0. The first kappa shape index (κ1) is 15.1. The lowest BCUT2D eigenvalue weighted by atomic mass is 9.80. The summed E-state index contributed by atoms with van der Waals surface area (Å²) in [5.74, 6) is 0. The highest BCUT2D eigenvalue weighted by molar-refractivity contribution is 6.73. The second-order valence-corrected chi connectivity index (χ2v) is 4.83. The van der Waals surface area contributed by atoms with Crippen molar-refractivity contribution in [2.75, 3.05) is 0 Å². The van der Waals surface area contributed by atoms with Crippen LogP contribution in [0.5, 0.6) is 0 Å². The molecular formula is C14H21BF3-. The Balaban J connectivity index is 2.27. The van der Waals surface area contributed by atoms with Gasteiger partial charge in [-0.2, -0.15) is 0 Å². The van der Waals surface area contributed by atoms with E-state index in [1.54, 1.807) is 12.1 Å². The number of halogens is 3. The van der Waals surface area contributed by atoms with Crippen molar-refractivity contribution in [3.63, 3.8) is 0 Å². The van der Waals surface area contributed by atoms with Crippen LogP contribution in [-0.2, 0) is 6.42 Å². The molecule has 0 saturated heterocycles. The zero-order valence-corrected chi connectivity index (χ0v) is 11.0. The van der Waals surface area contributed by atoms with Crippen molar-refractivity contribution in [1.82, 2.24) is 0 Å². The number of hydrogen-bond acceptors (Lipinski definition) is 0. The summed E-state index contributed by atoms with van der Waals surface area (Å²) in [7, 11) is 0. The Kier molecular flexibility index (Phi) is 6.30. The van der Waals surface area contributed by atoms with Crippen molar-refractivity contribution in [3.8, 4) is 0 Å². The smallest absolute Gasteiger partial charge is 0.445 e. The van der Waals surface area contributed by atoms with E-state index in [0.717, 1.165) is 18.4 Å². The predicted octanol–water partition coefficient (Wildman–Crippen LogP) is 4.64. The summed E-state index contributed by atoms with van der Waals surface area (Å²) in [6.45, 7) is -2.66. The van der Waals surface area contributed by atoms with Gasteiger partial charge in [0.2, 0.25) is 0 Å². The summed E-state index contributed by atoms with van der Waals surface area (Å²) >= 11 is 0. The van der Waals surface area contributed by atoms with Crippen LogP contribution < -0.4 is 5.46 Å². The van der Waals surface area contributed by atoms with E-state index in [4.69, 9.17) is 0 Å². The summed E-state index contributed by atoms with van der Waals surface area (Å²) < 4.78 is 37.2. The molecule has 0 heterocycles. The van der Waals surface area contributed by atoms with Crippen molar-refractivity contribution < 1.29 is 12.9 Å². The Morgan fingerprint density at radius 1 is 0.833 bits per heavy atom. The molecule has 0 nitrogen and oxygen atoms in total. The van der Waals surface area contributed by atoms with Gasteiger partial charge in [-0.3, -0.25) is 0 Å². The molecule has 0 aliphatic heterocycles. The maximum atomic E-state index is 12.4. The minimum absolute atomic E-state index is 0.498. The third kappa shape index (κ3) is 5.61. The first-order valence-electron chi connectivity index (χ1n) is 6.83. The molecule has 0 amide bonds. The normalized spacial score (nSPS) is 11.8. The van der Waals surface area contributed by atoms with Gasteiger partial charge in [-0.05, 0) is 18.4 Å². The number of rotatable bonds is 8. The van der Waals surface area contributed by atoms with Crippen molar-refractivity contribution in [2.24, 2.45) is 0 Å². The average Bonchev–Trinajstić information content (AvgIpc) is 2.33. The lowest BCUT2D eigenvalue weighted by Crippen LogP contribution is -2.33. The molecule has 0 aromatic heterocycles. The lowest BCUT2D eigenvalue weighted by molar-refractivity contribution is 0.501. The van der Waals surface area contributed by atoms with Crippen LogP contribution >= 0.6 is 0 Å². The van der Waals surface area contributed by atoms with E-state index in [2.05, 4.69) is 6.92 Å². The number of aryl methyl sites for hydroxylation is 1. The first-order chi connectivity index (χ1) is 8.54. The second kappa shape index (κ2) is 7.50. The fraction of sp³-hybridized carbons (Fsp3) is 0.571. The van der Waals surface area contributed by atoms with Crippen LogP contribution in [0.3, 0.4) is 0 Å². The fourth-order valence-corrected chi connectivity index (χ4v) is 2.01. The van der Waals surface area contributed by atoms with E-state index in [0.29, 0.717) is 0 Å². The van der Waals surface area contributed by atoms with Gasteiger partial charge in [-0.25, -0.2) is 0 Å². The van der Waals surface area contributed by atoms with E-state index < -0.39 is 12.4 Å². The van der Waals surface area contributed by atoms with E-state index in [1.165, 1.54) is 44.2 Å². The van der Waals surface area contributed by atoms with Gasteiger partial charge >= 0.3 is 6.98 Å². The highest BCUT2D eigenvalue weighted by Gasteiger charge is 2.24. The van der Waals surface area contributed by atoms with Gasteiger partial charge in [0, 0.05) is 0 Å². The molecule has 0 spiro atoms. The summed E-state index contributed by atoms with van der Waals surface area (Å²) in [6.07, 6.45) is 8.15. The molecule has 0 saturated carbocycles. The van der Waals surface area contributed by atoms with Gasteiger partial charge in [0.05, 0.1) is 0 Å². The zero-order chi connectivity index (χ0) is 13.4. The topological polar surface area (TPSA) is 0 Å². The predicted molar refractivity (Wildman–Crippen MR) is 72.2 cm³/mol. The highest BCUT2D eigenvalue weighted by Crippen LogP contribution is 2.12. The van der Waals surface area contributed by atoms with E-state index in [1.807, 2.05) is 0 Å². The van der Waals surface area contributed by atoms with E-state index in [9.17, 15) is 12.9 Å². The molecule has 4 heteroatoms. The minimum Gasteiger partial charge on any atom is -0.445 e. The summed E-state index contributed by atoms with van der Waals surface area (Å²) in [6, 6.07) is 5.62. The van der Waals surface area contributed by atoms with Crippen molar-refractivity contribution in [2.45, 2.75) is 51.9 Å². The number of unbranched alkanes of at least 4 members (excludes halogenated alkanes) is 5. The van der Waals surface area contributed by atoms with E-state index >= 15 is 0 Å². The molecule has 0 atom stereocenters. The molecule has 0 bridgehead atoms. The van der Waals surface area contributed by atoms with E-state index in [-0.39, 0.29) is 0 Å². The van der Waals surface area contributed by atoms with Gasteiger partial charge in [0.25, 0.3) is 0 Å². The first-order valence-corrected chi connectivity index (χ1v) is 6.83. The maximum Gasteiger partial charge on any atom is 0.509 e. The average molecular weight is 257 g/mol. The Morgan fingerprint density at radius 2 is 1.39 bits per heavy atom. The van der Waals surface area contributed by atoms with Crippen molar-refractivity contribution in [1.29, 1.82) is 0 Å². The quantitative estimate of drug-likeness (QED) is 0.470. The van der Waals surface area contributed by atoms with Crippen LogP contribution in [-0.4, -0.2) is 6.98 Å². The van der Waals surface area contributed by atoms with Crippen molar-refractivity contribution >= 4 is 12.4 Å². The van der Waals surface area contributed by atoms with Crippen LogP contribution in [0.4, 0.5) is 12.9 Å². The van der Waals surface area contributed by atoms with Crippen LogP contribution in [0.15, 0.2) is 24.3 Å². The molecule has 0 fully saturated rings. The largest absolute Gasteiger partial charge is 0.509 e. The molecule has 1 aromatic rings. The molecule has 0 aliphatic rings. The Hall–Kier alpha value is -0.925. The molecule has 18 heavy (non-hydrogen) atoms. The second-order valence-electron chi connectivity index (χ2n) is 4.83. The Labute approximate surface area is 108 Å². The third-order valence-corrected chi connectivity index (χ3v) is 3.18. The standard InChI is InChI=1S/C14H21BF3/c1-2-3-4-5-6-7-8-13-9-11-14(12-10-13)15(16,17)18/h9-12H,2-8H2,1H3/q-1. The molecule has 1 rings (SSSR count). The monoisotopic (exact) mass is 257 g/mol. The summed E-state index contributed by atoms with van der Waals surface area (Å²) in [5, 5.41) is 0. The highest BCUT2D eigenvalue weighted by atomic mass is 19.4. The van der Waals surface area contributed by atoms with Gasteiger partial charge in [-0.15, -0.1) is 5.46 Å². The summed E-state index contributed by atoms with van der Waals surface area (Å²) in [5.41, 5.74) is 0.510. The van der Waals surface area contributed by atoms with Gasteiger partial charge < -0.3 is 12.9 Å². The molecule has 0 aliphatic carbocycles. The molecular weight excluding hydrogens is 236 g/mol. The Bertz CT molecular complexity index is 330. The third-order valence-electron chi connectivity index (χ3n) is 3.18. The van der Waals surface area contributed by atoms with Gasteiger partial charge in [0.1, 0.15) is 0 Å². The lowest BCUT2D eigenvalue weighted by Gasteiger charge is -2.14. The molecule has 0 unspecified atom stereocenters. The maximum absolute atomic E-state index is 12.4. The number of hydrogen-bond donors (Lipinski definition) is 0. The molecule has 0 N–H and O–H groups in total. The molecule has 0 radical (unpaired) electrons.